The molecular formula is C19H15F2N3O2. The zero-order valence-corrected chi connectivity index (χ0v) is 13.8. The predicted molar refractivity (Wildman–Crippen MR) is 94.5 cm³/mol. The third kappa shape index (κ3) is 4.00. The Hall–Kier alpha value is -3.35. The fourth-order valence-corrected chi connectivity index (χ4v) is 2.41. The molecule has 3 aromatic rings. The molecule has 0 fully saturated rings. The molecule has 2 aromatic carbocycles. The van der Waals surface area contributed by atoms with Gasteiger partial charge in [0.2, 0.25) is 0 Å². The molecule has 0 saturated carbocycles. The first-order valence-corrected chi connectivity index (χ1v) is 7.79. The number of pyridine rings is 1. The Kier molecular flexibility index (Phi) is 5.17. The van der Waals surface area contributed by atoms with E-state index in [2.05, 4.69) is 20.2 Å². The molecule has 0 aliphatic rings. The van der Waals surface area contributed by atoms with Gasteiger partial charge in [-0.3, -0.25) is 4.79 Å². The highest BCUT2D eigenvalue weighted by Gasteiger charge is 2.12. The van der Waals surface area contributed by atoms with Gasteiger partial charge in [-0.25, -0.2) is 10.4 Å². The number of hydrazone groups is 1. The van der Waals surface area contributed by atoms with Crippen LogP contribution in [0.4, 0.5) is 8.78 Å². The molecule has 26 heavy (non-hydrogen) atoms. The number of fused-ring (bicyclic) bond motifs is 1. The van der Waals surface area contributed by atoms with Crippen molar-refractivity contribution in [2.75, 3.05) is 0 Å². The number of ether oxygens (including phenoxy) is 1. The van der Waals surface area contributed by atoms with Crippen molar-refractivity contribution < 1.29 is 18.3 Å². The number of rotatable bonds is 5. The SMILES string of the molecule is C/C(=N\NC(=O)c1ccc2ccccc2n1)c1ccccc1OC(F)F. The molecule has 0 aliphatic heterocycles. The summed E-state index contributed by atoms with van der Waals surface area (Å²) in [5.41, 5.74) is 3.97. The van der Waals surface area contributed by atoms with Gasteiger partial charge in [0.15, 0.2) is 0 Å². The van der Waals surface area contributed by atoms with Crippen molar-refractivity contribution in [3.63, 3.8) is 0 Å². The number of hydrogen-bond donors (Lipinski definition) is 1. The molecule has 0 bridgehead atoms. The third-order valence-electron chi connectivity index (χ3n) is 3.65. The van der Waals surface area contributed by atoms with Gasteiger partial charge in [0.25, 0.3) is 5.91 Å². The summed E-state index contributed by atoms with van der Waals surface area (Å²) in [6.45, 7) is -1.36. The average molecular weight is 355 g/mol. The number of carbonyl (C=O) groups excluding carboxylic acids is 1. The first-order valence-electron chi connectivity index (χ1n) is 7.79. The first kappa shape index (κ1) is 17.5. The minimum absolute atomic E-state index is 0.0122. The standard InChI is InChI=1S/C19H15F2N3O2/c1-12(14-7-3-5-9-17(14)26-19(20)21)23-24-18(25)16-11-10-13-6-2-4-8-15(13)22-16/h2-11,19H,1H3,(H,24,25)/b23-12+. The Balaban J connectivity index is 1.79. The maximum Gasteiger partial charge on any atom is 0.387 e. The van der Waals surface area contributed by atoms with Crippen molar-refractivity contribution in [1.29, 1.82) is 0 Å². The number of para-hydroxylation sites is 2. The second-order valence-corrected chi connectivity index (χ2v) is 5.40. The van der Waals surface area contributed by atoms with Crippen LogP contribution in [0.3, 0.4) is 0 Å². The minimum Gasteiger partial charge on any atom is -0.434 e. The summed E-state index contributed by atoms with van der Waals surface area (Å²) in [6, 6.07) is 17.0. The molecule has 1 amide bonds. The largest absolute Gasteiger partial charge is 0.434 e. The number of hydrogen-bond acceptors (Lipinski definition) is 4. The van der Waals surface area contributed by atoms with Crippen LogP contribution in [-0.4, -0.2) is 23.2 Å². The Labute approximate surface area is 148 Å². The van der Waals surface area contributed by atoms with E-state index in [9.17, 15) is 13.6 Å². The Bertz CT molecular complexity index is 974. The van der Waals surface area contributed by atoms with E-state index >= 15 is 0 Å². The topological polar surface area (TPSA) is 63.6 Å². The molecule has 5 nitrogen and oxygen atoms in total. The van der Waals surface area contributed by atoms with Crippen molar-refractivity contribution in [2.24, 2.45) is 5.10 Å². The third-order valence-corrected chi connectivity index (χ3v) is 3.65. The van der Waals surface area contributed by atoms with Crippen LogP contribution in [-0.2, 0) is 0 Å². The molecule has 132 valence electrons. The van der Waals surface area contributed by atoms with E-state index in [1.165, 1.54) is 6.07 Å². The molecule has 1 heterocycles. The van der Waals surface area contributed by atoms with E-state index in [1.54, 1.807) is 43.3 Å². The van der Waals surface area contributed by atoms with Gasteiger partial charge in [-0.1, -0.05) is 36.4 Å². The summed E-state index contributed by atoms with van der Waals surface area (Å²) in [5.74, 6) is -0.510. The molecular weight excluding hydrogens is 340 g/mol. The van der Waals surface area contributed by atoms with Gasteiger partial charge >= 0.3 is 6.61 Å². The maximum absolute atomic E-state index is 12.5. The minimum atomic E-state index is -2.94. The number of amides is 1. The highest BCUT2D eigenvalue weighted by Crippen LogP contribution is 2.21. The van der Waals surface area contributed by atoms with Crippen molar-refractivity contribution in [3.8, 4) is 5.75 Å². The molecule has 0 spiro atoms. The van der Waals surface area contributed by atoms with Crippen molar-refractivity contribution in [1.82, 2.24) is 10.4 Å². The molecule has 0 saturated heterocycles. The number of nitrogens with one attached hydrogen (secondary N) is 1. The van der Waals surface area contributed by atoms with Crippen molar-refractivity contribution in [2.45, 2.75) is 13.5 Å². The van der Waals surface area contributed by atoms with E-state index in [1.807, 2.05) is 18.2 Å². The summed E-state index contributed by atoms with van der Waals surface area (Å²) >= 11 is 0. The quantitative estimate of drug-likeness (QED) is 0.556. The normalized spacial score (nSPS) is 11.6. The fourth-order valence-electron chi connectivity index (χ4n) is 2.41. The van der Waals surface area contributed by atoms with Crippen LogP contribution >= 0.6 is 0 Å². The summed E-state index contributed by atoms with van der Waals surface area (Å²) in [7, 11) is 0. The van der Waals surface area contributed by atoms with Gasteiger partial charge in [0.1, 0.15) is 11.4 Å². The summed E-state index contributed by atoms with van der Waals surface area (Å²) in [5, 5.41) is 4.89. The number of benzene rings is 2. The highest BCUT2D eigenvalue weighted by molar-refractivity contribution is 6.02. The lowest BCUT2D eigenvalue weighted by Gasteiger charge is -2.10. The van der Waals surface area contributed by atoms with Crippen LogP contribution in [0.1, 0.15) is 23.0 Å². The van der Waals surface area contributed by atoms with E-state index in [-0.39, 0.29) is 11.4 Å². The number of halogens is 2. The van der Waals surface area contributed by atoms with E-state index < -0.39 is 12.5 Å². The van der Waals surface area contributed by atoms with Gasteiger partial charge < -0.3 is 4.74 Å². The summed E-state index contributed by atoms with van der Waals surface area (Å²) in [6.07, 6.45) is 0. The van der Waals surface area contributed by atoms with Crippen LogP contribution in [0.2, 0.25) is 0 Å². The monoisotopic (exact) mass is 355 g/mol. The smallest absolute Gasteiger partial charge is 0.387 e. The van der Waals surface area contributed by atoms with Crippen molar-refractivity contribution in [3.05, 3.63) is 71.9 Å². The molecule has 3 rings (SSSR count). The molecule has 0 atom stereocenters. The lowest BCUT2D eigenvalue weighted by atomic mass is 10.1. The van der Waals surface area contributed by atoms with Crippen molar-refractivity contribution >= 4 is 22.5 Å². The van der Waals surface area contributed by atoms with Crippen LogP contribution < -0.4 is 10.2 Å². The van der Waals surface area contributed by atoms with Crippen LogP contribution in [0.15, 0.2) is 65.8 Å². The van der Waals surface area contributed by atoms with Gasteiger partial charge in [-0.2, -0.15) is 13.9 Å². The van der Waals surface area contributed by atoms with Gasteiger partial charge in [-0.15, -0.1) is 0 Å². The van der Waals surface area contributed by atoms with E-state index in [0.717, 1.165) is 5.39 Å². The van der Waals surface area contributed by atoms with Crippen LogP contribution in [0.25, 0.3) is 10.9 Å². The van der Waals surface area contributed by atoms with Gasteiger partial charge in [-0.05, 0) is 31.2 Å². The second-order valence-electron chi connectivity index (χ2n) is 5.40. The van der Waals surface area contributed by atoms with Crippen LogP contribution in [0, 0.1) is 0 Å². The zero-order valence-electron chi connectivity index (χ0n) is 13.8. The molecule has 1 N–H and O–H groups in total. The number of nitrogens with zero attached hydrogens (tertiary/aromatic N) is 2. The first-order chi connectivity index (χ1) is 12.5. The highest BCUT2D eigenvalue weighted by atomic mass is 19.3. The average Bonchev–Trinajstić information content (AvgIpc) is 2.65. The molecule has 0 unspecified atom stereocenters. The molecule has 0 radical (unpaired) electrons. The van der Waals surface area contributed by atoms with Crippen LogP contribution in [0.5, 0.6) is 5.75 Å². The molecule has 1 aromatic heterocycles. The number of carbonyl (C=O) groups is 1. The lowest BCUT2D eigenvalue weighted by Crippen LogP contribution is -2.20. The Morgan fingerprint density at radius 2 is 1.81 bits per heavy atom. The lowest BCUT2D eigenvalue weighted by molar-refractivity contribution is -0.0499. The maximum atomic E-state index is 12.5. The van der Waals surface area contributed by atoms with E-state index in [0.29, 0.717) is 16.8 Å². The van der Waals surface area contributed by atoms with Gasteiger partial charge in [0, 0.05) is 10.9 Å². The molecule has 7 heteroatoms. The Morgan fingerprint density at radius 3 is 2.62 bits per heavy atom. The second kappa shape index (κ2) is 7.69. The number of alkyl halides is 2. The summed E-state index contributed by atoms with van der Waals surface area (Å²) in [4.78, 5) is 16.5. The predicted octanol–water partition coefficient (Wildman–Crippen LogP) is 3.99. The summed E-state index contributed by atoms with van der Waals surface area (Å²) < 4.78 is 29.4. The molecule has 0 aliphatic carbocycles. The van der Waals surface area contributed by atoms with E-state index in [4.69, 9.17) is 0 Å². The Morgan fingerprint density at radius 1 is 1.08 bits per heavy atom. The fraction of sp³-hybridized carbons (Fsp3) is 0.105. The zero-order chi connectivity index (χ0) is 18.5. The van der Waals surface area contributed by atoms with Gasteiger partial charge in [0.05, 0.1) is 11.2 Å². The number of aromatic nitrogens is 1.